The van der Waals surface area contributed by atoms with Gasteiger partial charge in [-0.3, -0.25) is 4.90 Å². The molecule has 1 atom stereocenters. The molecule has 4 aromatic carbocycles. The van der Waals surface area contributed by atoms with E-state index in [9.17, 15) is 52.7 Å². The fourth-order valence-corrected chi connectivity index (χ4v) is 9.82. The number of halogens is 12. The van der Waals surface area contributed by atoms with Crippen LogP contribution in [0, 0.1) is 0 Å². The van der Waals surface area contributed by atoms with Crippen molar-refractivity contribution in [3.05, 3.63) is 93.0 Å². The lowest BCUT2D eigenvalue weighted by atomic mass is 9.75. The maximum atomic E-state index is 14.9. The molecule has 0 N–H and O–H groups in total. The van der Waals surface area contributed by atoms with Gasteiger partial charge in [0.25, 0.3) is 0 Å². The zero-order valence-electron chi connectivity index (χ0n) is 44.0. The SMILES string of the molecule is CCCCCC(CCCCC)(OC)[C@H](C)N(C)Cc1c(-c2cc(C(C)(C)C)c(OC)c(-c3cc(C(F)(F)F)cc(C(F)(F)F)c3)c2CC)cc(C(C)(C)C)c(OC)c1-c1cc(C(F)(F)F)cc(C(F)(F)F)c1. The number of hydrogen-bond acceptors (Lipinski definition) is 4. The van der Waals surface area contributed by atoms with E-state index >= 15 is 0 Å². The monoisotopic (exact) mass is 1030 g/mol. The minimum Gasteiger partial charge on any atom is -0.496 e. The predicted molar refractivity (Wildman–Crippen MR) is 262 cm³/mol. The van der Waals surface area contributed by atoms with E-state index in [1.807, 2.05) is 11.8 Å². The van der Waals surface area contributed by atoms with Crippen LogP contribution in [0.15, 0.2) is 48.5 Å². The van der Waals surface area contributed by atoms with Crippen LogP contribution in [0.25, 0.3) is 33.4 Å². The van der Waals surface area contributed by atoms with Crippen molar-refractivity contribution < 1.29 is 66.9 Å². The van der Waals surface area contributed by atoms with E-state index in [2.05, 4.69) is 13.8 Å². The number of hydrogen-bond donors (Lipinski definition) is 0. The average Bonchev–Trinajstić information content (AvgIpc) is 3.27. The molecule has 16 heteroatoms. The molecule has 4 nitrogen and oxygen atoms in total. The molecule has 0 aliphatic carbocycles. The summed E-state index contributed by atoms with van der Waals surface area (Å²) in [6.45, 7) is 18.3. The van der Waals surface area contributed by atoms with Crippen LogP contribution in [-0.4, -0.2) is 44.9 Å². The summed E-state index contributed by atoms with van der Waals surface area (Å²) in [5.41, 5.74) is -8.43. The minimum absolute atomic E-state index is 0.00986. The Morgan fingerprint density at radius 1 is 0.486 bits per heavy atom. The second-order valence-electron chi connectivity index (χ2n) is 20.9. The van der Waals surface area contributed by atoms with Crippen molar-refractivity contribution in [3.63, 3.8) is 0 Å². The highest BCUT2D eigenvalue weighted by atomic mass is 19.4. The average molecular weight is 1030 g/mol. The Labute approximate surface area is 417 Å². The van der Waals surface area contributed by atoms with Crippen LogP contribution in [0.1, 0.15) is 165 Å². The van der Waals surface area contributed by atoms with E-state index in [-0.39, 0.29) is 70.0 Å². The van der Waals surface area contributed by atoms with Gasteiger partial charge in [-0.05, 0) is 126 Å². The van der Waals surface area contributed by atoms with E-state index in [0.717, 1.165) is 38.5 Å². The summed E-state index contributed by atoms with van der Waals surface area (Å²) in [5.74, 6) is -0.0291. The summed E-state index contributed by atoms with van der Waals surface area (Å²) >= 11 is 0. The van der Waals surface area contributed by atoms with Crippen LogP contribution in [0.3, 0.4) is 0 Å². The van der Waals surface area contributed by atoms with E-state index in [0.29, 0.717) is 48.2 Å². The van der Waals surface area contributed by atoms with Gasteiger partial charge in [-0.25, -0.2) is 0 Å². The molecule has 0 aliphatic heterocycles. The number of benzene rings is 4. The lowest BCUT2D eigenvalue weighted by molar-refractivity contribution is -0.144. The Hall–Kier alpha value is -4.44. The van der Waals surface area contributed by atoms with Gasteiger partial charge in [0, 0.05) is 42.0 Å². The summed E-state index contributed by atoms with van der Waals surface area (Å²) < 4.78 is 195. The maximum Gasteiger partial charge on any atom is 0.416 e. The molecule has 0 fully saturated rings. The number of alkyl halides is 12. The third-order valence-corrected chi connectivity index (χ3v) is 13.8. The second kappa shape index (κ2) is 22.6. The Morgan fingerprint density at radius 2 is 0.819 bits per heavy atom. The molecular weight excluding hydrogens is 963 g/mol. The minimum atomic E-state index is -5.24. The molecule has 0 radical (unpaired) electrons. The highest BCUT2D eigenvalue weighted by Gasteiger charge is 2.42. The summed E-state index contributed by atoms with van der Waals surface area (Å²) in [5, 5.41) is 0. The molecular formula is C56H71F12NO3. The van der Waals surface area contributed by atoms with Crippen LogP contribution >= 0.6 is 0 Å². The standard InChI is InChI=1S/C56H71F12NO3/c1-15-18-20-22-52(72-14,23-21-19-16-2)33(4)69(11)32-43-42(31-45(51(8,9)10)49(71-13)47(43)35-26-38(55(63,64)65)29-39(27-35)56(66,67)68)41-30-44(50(5,6)7)48(70-12)46(40(41)17-3)34-24-36(53(57,58)59)28-37(25-34)54(60,61)62/h24-31,33H,15-23,32H2,1-14H3/t33-/m0/s1. The Kier molecular flexibility index (Phi) is 18.9. The lowest BCUT2D eigenvalue weighted by Gasteiger charge is -2.43. The molecule has 0 aromatic heterocycles. The first-order chi connectivity index (χ1) is 33.1. The van der Waals surface area contributed by atoms with Gasteiger partial charge < -0.3 is 14.2 Å². The van der Waals surface area contributed by atoms with Crippen LogP contribution in [0.2, 0.25) is 0 Å². The first-order valence-corrected chi connectivity index (χ1v) is 24.4. The first kappa shape index (κ1) is 60.1. The lowest BCUT2D eigenvalue weighted by Crippen LogP contribution is -2.51. The van der Waals surface area contributed by atoms with Crippen molar-refractivity contribution in [3.8, 4) is 44.9 Å². The second-order valence-corrected chi connectivity index (χ2v) is 20.9. The van der Waals surface area contributed by atoms with Gasteiger partial charge in [-0.2, -0.15) is 52.7 Å². The highest BCUT2D eigenvalue weighted by Crippen LogP contribution is 2.53. The quantitative estimate of drug-likeness (QED) is 0.0692. The fraction of sp³-hybridized carbons (Fsp3) is 0.571. The smallest absolute Gasteiger partial charge is 0.416 e. The van der Waals surface area contributed by atoms with Crippen molar-refractivity contribution in [2.45, 2.75) is 181 Å². The van der Waals surface area contributed by atoms with Crippen molar-refractivity contribution in [1.82, 2.24) is 4.90 Å². The number of likely N-dealkylation sites (N-methyl/N-ethyl adjacent to an activating group) is 1. The Bertz CT molecular complexity index is 2410. The molecule has 0 heterocycles. The van der Waals surface area contributed by atoms with Gasteiger partial charge >= 0.3 is 24.7 Å². The van der Waals surface area contributed by atoms with Gasteiger partial charge in [0.05, 0.1) is 42.1 Å². The van der Waals surface area contributed by atoms with Gasteiger partial charge in [0.1, 0.15) is 11.5 Å². The zero-order valence-corrected chi connectivity index (χ0v) is 44.0. The third kappa shape index (κ3) is 13.4. The summed E-state index contributed by atoms with van der Waals surface area (Å²) in [7, 11) is 5.93. The van der Waals surface area contributed by atoms with Gasteiger partial charge in [-0.15, -0.1) is 0 Å². The Balaban J connectivity index is 2.45. The zero-order chi connectivity index (χ0) is 54.7. The van der Waals surface area contributed by atoms with Crippen LogP contribution in [0.4, 0.5) is 52.7 Å². The molecule has 0 unspecified atom stereocenters. The third-order valence-electron chi connectivity index (χ3n) is 13.8. The van der Waals surface area contributed by atoms with Crippen molar-refractivity contribution >= 4 is 0 Å². The summed E-state index contributed by atoms with van der Waals surface area (Å²) in [6, 6.07) is 5.63. The van der Waals surface area contributed by atoms with Crippen molar-refractivity contribution in [1.29, 1.82) is 0 Å². The molecule has 0 saturated carbocycles. The molecule has 0 aliphatic rings. The molecule has 0 bridgehead atoms. The molecule has 402 valence electrons. The molecule has 4 aromatic rings. The van der Waals surface area contributed by atoms with E-state index in [4.69, 9.17) is 14.2 Å². The number of rotatable bonds is 19. The normalized spacial score (nSPS) is 13.8. The molecule has 72 heavy (non-hydrogen) atoms. The number of ether oxygens (including phenoxy) is 3. The van der Waals surface area contributed by atoms with Crippen molar-refractivity contribution in [2.24, 2.45) is 0 Å². The summed E-state index contributed by atoms with van der Waals surface area (Å²) in [4.78, 5) is 1.93. The topological polar surface area (TPSA) is 30.9 Å². The Morgan fingerprint density at radius 3 is 1.10 bits per heavy atom. The van der Waals surface area contributed by atoms with E-state index < -0.39 is 80.6 Å². The number of nitrogens with zero attached hydrogens (tertiary/aromatic N) is 1. The highest BCUT2D eigenvalue weighted by molar-refractivity contribution is 5.91. The molecule has 0 saturated heterocycles. The molecule has 0 spiro atoms. The van der Waals surface area contributed by atoms with Crippen molar-refractivity contribution in [2.75, 3.05) is 28.4 Å². The van der Waals surface area contributed by atoms with E-state index in [1.165, 1.54) is 14.2 Å². The predicted octanol–water partition coefficient (Wildman–Crippen LogP) is 18.3. The van der Waals surface area contributed by atoms with Crippen LogP contribution in [-0.2, 0) is 53.2 Å². The fourth-order valence-electron chi connectivity index (χ4n) is 9.82. The van der Waals surface area contributed by atoms with Gasteiger partial charge in [0.15, 0.2) is 0 Å². The molecule has 4 rings (SSSR count). The summed E-state index contributed by atoms with van der Waals surface area (Å²) in [6.07, 6.45) is -14.4. The van der Waals surface area contributed by atoms with Gasteiger partial charge in [0.2, 0.25) is 0 Å². The number of methoxy groups -OCH3 is 3. The maximum absolute atomic E-state index is 14.9. The first-order valence-electron chi connectivity index (χ1n) is 24.4. The molecule has 0 amide bonds. The van der Waals surface area contributed by atoms with Gasteiger partial charge in [-0.1, -0.05) is 101 Å². The van der Waals surface area contributed by atoms with Crippen LogP contribution in [0.5, 0.6) is 11.5 Å². The largest absolute Gasteiger partial charge is 0.496 e. The van der Waals surface area contributed by atoms with Crippen LogP contribution < -0.4 is 9.47 Å². The number of unbranched alkanes of at least 4 members (excludes halogenated alkanes) is 4. The van der Waals surface area contributed by atoms with E-state index in [1.54, 1.807) is 74.8 Å².